The van der Waals surface area contributed by atoms with Gasteiger partial charge in [0, 0.05) is 0 Å². The molecule has 10 heavy (non-hydrogen) atoms. The summed E-state index contributed by atoms with van der Waals surface area (Å²) >= 11 is 0. The highest BCUT2D eigenvalue weighted by Gasteiger charge is 1.90. The minimum Gasteiger partial charge on any atom is -0.392 e. The van der Waals surface area contributed by atoms with Crippen molar-refractivity contribution in [2.45, 2.75) is 6.92 Å². The Labute approximate surface area is 58.0 Å². The number of hydrogen-bond acceptors (Lipinski definition) is 4. The Morgan fingerprint density at radius 2 is 2.50 bits per heavy atom. The van der Waals surface area contributed by atoms with E-state index in [4.69, 9.17) is 5.11 Å². The van der Waals surface area contributed by atoms with Gasteiger partial charge in [-0.15, -0.1) is 10.1 Å². The van der Waals surface area contributed by atoms with Crippen molar-refractivity contribution in [3.8, 4) is 0 Å². The van der Waals surface area contributed by atoms with Gasteiger partial charge in [-0.1, -0.05) is 11.6 Å². The molecule has 58 valence electrons. The first-order valence-electron chi connectivity index (χ1n) is 2.70. The molecule has 0 aliphatic carbocycles. The predicted octanol–water partition coefficient (Wildman–Crippen LogP) is 0.133. The lowest BCUT2D eigenvalue weighted by Gasteiger charge is -1.93. The molecule has 0 radical (unpaired) electrons. The van der Waals surface area contributed by atoms with Gasteiger partial charge in [-0.05, 0) is 6.92 Å². The zero-order valence-corrected chi connectivity index (χ0v) is 5.61. The number of aliphatic hydroxyl groups is 1. The lowest BCUT2D eigenvalue weighted by Crippen LogP contribution is -2.00. The van der Waals surface area contributed by atoms with Crippen molar-refractivity contribution >= 4 is 0 Å². The number of aliphatic hydroxyl groups excluding tert-OH is 1. The van der Waals surface area contributed by atoms with E-state index in [0.717, 1.165) is 0 Å². The summed E-state index contributed by atoms with van der Waals surface area (Å²) in [6.45, 7) is 1.46. The van der Waals surface area contributed by atoms with Crippen LogP contribution in [-0.4, -0.2) is 23.4 Å². The molecule has 0 aromatic heterocycles. The van der Waals surface area contributed by atoms with Crippen LogP contribution < -0.4 is 0 Å². The maximum absolute atomic E-state index is 9.56. The number of hydrogen-bond donors (Lipinski definition) is 1. The van der Waals surface area contributed by atoms with Crippen LogP contribution in [0.1, 0.15) is 6.92 Å². The second kappa shape index (κ2) is 4.75. The maximum Gasteiger partial charge on any atom is 0.294 e. The fourth-order valence-electron chi connectivity index (χ4n) is 0.305. The smallest absolute Gasteiger partial charge is 0.294 e. The molecule has 1 N–H and O–H groups in total. The van der Waals surface area contributed by atoms with Crippen LogP contribution in [0, 0.1) is 10.1 Å². The zero-order valence-electron chi connectivity index (χ0n) is 5.61. The van der Waals surface area contributed by atoms with Gasteiger partial charge in [-0.3, -0.25) is 0 Å². The summed E-state index contributed by atoms with van der Waals surface area (Å²) in [6.07, 6.45) is 1.45. The first-order valence-corrected chi connectivity index (χ1v) is 2.70. The molecule has 0 rings (SSSR count). The average molecular weight is 147 g/mol. The Morgan fingerprint density at radius 3 is 2.90 bits per heavy atom. The highest BCUT2D eigenvalue weighted by Crippen LogP contribution is 1.88. The summed E-state index contributed by atoms with van der Waals surface area (Å²) in [6, 6.07) is 0. The van der Waals surface area contributed by atoms with Gasteiger partial charge in [0.1, 0.15) is 6.61 Å². The first kappa shape index (κ1) is 8.90. The molecule has 0 saturated carbocycles. The molecule has 0 saturated heterocycles. The molecule has 0 spiro atoms. The number of rotatable bonds is 4. The molecule has 0 aromatic carbocycles. The average Bonchev–Trinajstić information content (AvgIpc) is 1.87. The van der Waals surface area contributed by atoms with E-state index in [-0.39, 0.29) is 13.2 Å². The monoisotopic (exact) mass is 147 g/mol. The van der Waals surface area contributed by atoms with E-state index in [0.29, 0.717) is 5.57 Å². The molecule has 0 heterocycles. The third-order valence-corrected chi connectivity index (χ3v) is 0.861. The van der Waals surface area contributed by atoms with Crippen LogP contribution in [0.15, 0.2) is 11.6 Å². The van der Waals surface area contributed by atoms with E-state index < -0.39 is 5.09 Å². The van der Waals surface area contributed by atoms with Crippen LogP contribution in [0.25, 0.3) is 0 Å². The molecule has 0 aliphatic rings. The van der Waals surface area contributed by atoms with Crippen LogP contribution in [-0.2, 0) is 4.84 Å². The van der Waals surface area contributed by atoms with E-state index in [2.05, 4.69) is 4.84 Å². The summed E-state index contributed by atoms with van der Waals surface area (Å²) in [7, 11) is 0. The van der Waals surface area contributed by atoms with Gasteiger partial charge < -0.3 is 9.94 Å². The molecule has 0 bridgehead atoms. The molecular weight excluding hydrogens is 138 g/mol. The van der Waals surface area contributed by atoms with Crippen molar-refractivity contribution in [2.24, 2.45) is 0 Å². The topological polar surface area (TPSA) is 72.6 Å². The normalized spacial score (nSPS) is 11.2. The van der Waals surface area contributed by atoms with Crippen molar-refractivity contribution in [1.82, 2.24) is 0 Å². The Bertz CT molecular complexity index is 143. The van der Waals surface area contributed by atoms with Crippen molar-refractivity contribution < 1.29 is 15.0 Å². The third-order valence-electron chi connectivity index (χ3n) is 0.861. The summed E-state index contributed by atoms with van der Waals surface area (Å²) in [4.78, 5) is 13.5. The fourth-order valence-corrected chi connectivity index (χ4v) is 0.305. The zero-order chi connectivity index (χ0) is 7.98. The van der Waals surface area contributed by atoms with Gasteiger partial charge in [0.2, 0.25) is 0 Å². The molecule has 5 nitrogen and oxygen atoms in total. The van der Waals surface area contributed by atoms with E-state index in [1.165, 1.54) is 6.08 Å². The molecule has 0 unspecified atom stereocenters. The molecule has 0 aliphatic heterocycles. The molecule has 5 heteroatoms. The van der Waals surface area contributed by atoms with Crippen LogP contribution in [0.3, 0.4) is 0 Å². The SMILES string of the molecule is C/C(=C\CO[N+](=O)[O-])CO. The minimum absolute atomic E-state index is 0.0962. The van der Waals surface area contributed by atoms with Gasteiger partial charge in [0.15, 0.2) is 0 Å². The van der Waals surface area contributed by atoms with Gasteiger partial charge in [-0.25, -0.2) is 0 Å². The highest BCUT2D eigenvalue weighted by molar-refractivity contribution is 4.97. The van der Waals surface area contributed by atoms with E-state index in [1.807, 2.05) is 0 Å². The summed E-state index contributed by atoms with van der Waals surface area (Å²) < 4.78 is 0. The fraction of sp³-hybridized carbons (Fsp3) is 0.600. The summed E-state index contributed by atoms with van der Waals surface area (Å²) in [5.74, 6) is 0. The largest absolute Gasteiger partial charge is 0.392 e. The van der Waals surface area contributed by atoms with Gasteiger partial charge in [0.25, 0.3) is 5.09 Å². The Morgan fingerprint density at radius 1 is 1.90 bits per heavy atom. The minimum atomic E-state index is -0.874. The highest BCUT2D eigenvalue weighted by atomic mass is 16.9. The number of nitrogens with zero attached hydrogens (tertiary/aromatic N) is 1. The lowest BCUT2D eigenvalue weighted by molar-refractivity contribution is -0.755. The Balaban J connectivity index is 3.43. The molecule has 0 amide bonds. The third kappa shape index (κ3) is 5.04. The Hall–Kier alpha value is -1.10. The molecule has 0 aromatic rings. The molecule has 0 atom stereocenters. The molecule has 0 fully saturated rings. The van der Waals surface area contributed by atoms with E-state index in [1.54, 1.807) is 6.92 Å². The lowest BCUT2D eigenvalue weighted by atomic mass is 10.3. The van der Waals surface area contributed by atoms with Gasteiger partial charge in [-0.2, -0.15) is 0 Å². The second-order valence-corrected chi connectivity index (χ2v) is 1.73. The van der Waals surface area contributed by atoms with Crippen LogP contribution >= 0.6 is 0 Å². The predicted molar refractivity (Wildman–Crippen MR) is 33.8 cm³/mol. The van der Waals surface area contributed by atoms with Crippen LogP contribution in [0.2, 0.25) is 0 Å². The summed E-state index contributed by atoms with van der Waals surface area (Å²) in [5.41, 5.74) is 0.654. The van der Waals surface area contributed by atoms with Crippen molar-refractivity contribution in [3.05, 3.63) is 21.8 Å². The summed E-state index contributed by atoms with van der Waals surface area (Å²) in [5, 5.41) is 17.1. The van der Waals surface area contributed by atoms with Crippen LogP contribution in [0.4, 0.5) is 0 Å². The van der Waals surface area contributed by atoms with E-state index >= 15 is 0 Å². The molecular formula is C5H9NO4. The quantitative estimate of drug-likeness (QED) is 0.348. The van der Waals surface area contributed by atoms with E-state index in [9.17, 15) is 10.1 Å². The standard InChI is InChI=1S/C5H9NO4/c1-5(4-7)2-3-10-6(8)9/h2,7H,3-4H2,1H3/b5-2+. The van der Waals surface area contributed by atoms with Gasteiger partial charge >= 0.3 is 0 Å². The van der Waals surface area contributed by atoms with Gasteiger partial charge in [0.05, 0.1) is 6.61 Å². The van der Waals surface area contributed by atoms with Crippen LogP contribution in [0.5, 0.6) is 0 Å². The first-order chi connectivity index (χ1) is 4.66. The van der Waals surface area contributed by atoms with Crippen molar-refractivity contribution in [1.29, 1.82) is 0 Å². The van der Waals surface area contributed by atoms with Crippen molar-refractivity contribution in [3.63, 3.8) is 0 Å². The Kier molecular flexibility index (Phi) is 4.23. The second-order valence-electron chi connectivity index (χ2n) is 1.73. The van der Waals surface area contributed by atoms with Crippen molar-refractivity contribution in [2.75, 3.05) is 13.2 Å². The maximum atomic E-state index is 9.56.